The standard InChI is InChI=1S/C14H12ClF2NO/c15-9-4-6-10(7-5-9)18-13(8-19)11-2-1-3-12(16)14(11)17/h1-7,13,18-19H,8H2. The summed E-state index contributed by atoms with van der Waals surface area (Å²) in [6.45, 7) is -0.358. The number of aliphatic hydroxyl groups excluding tert-OH is 1. The van der Waals surface area contributed by atoms with Gasteiger partial charge in [0.2, 0.25) is 0 Å². The molecule has 0 saturated heterocycles. The minimum Gasteiger partial charge on any atom is -0.394 e. The lowest BCUT2D eigenvalue weighted by molar-refractivity contribution is 0.273. The van der Waals surface area contributed by atoms with Crippen LogP contribution < -0.4 is 5.32 Å². The van der Waals surface area contributed by atoms with Gasteiger partial charge in [0.1, 0.15) is 0 Å². The summed E-state index contributed by atoms with van der Waals surface area (Å²) < 4.78 is 26.8. The third-order valence-electron chi connectivity index (χ3n) is 2.72. The van der Waals surface area contributed by atoms with E-state index in [4.69, 9.17) is 11.6 Å². The molecular weight excluding hydrogens is 272 g/mol. The van der Waals surface area contributed by atoms with Crippen LogP contribution in [0.2, 0.25) is 5.02 Å². The van der Waals surface area contributed by atoms with E-state index in [9.17, 15) is 13.9 Å². The van der Waals surface area contributed by atoms with Gasteiger partial charge in [-0.25, -0.2) is 8.78 Å². The first-order valence-corrected chi connectivity index (χ1v) is 6.06. The van der Waals surface area contributed by atoms with Crippen molar-refractivity contribution in [3.63, 3.8) is 0 Å². The van der Waals surface area contributed by atoms with Gasteiger partial charge in [0.25, 0.3) is 0 Å². The smallest absolute Gasteiger partial charge is 0.164 e. The molecule has 0 aliphatic carbocycles. The van der Waals surface area contributed by atoms with Crippen LogP contribution in [0, 0.1) is 11.6 Å². The number of rotatable bonds is 4. The fourth-order valence-corrected chi connectivity index (χ4v) is 1.88. The first-order chi connectivity index (χ1) is 9.11. The average Bonchev–Trinajstić information content (AvgIpc) is 2.42. The summed E-state index contributed by atoms with van der Waals surface area (Å²) in [5.74, 6) is -1.89. The van der Waals surface area contributed by atoms with Gasteiger partial charge in [-0.2, -0.15) is 0 Å². The van der Waals surface area contributed by atoms with Gasteiger partial charge in [0.05, 0.1) is 12.6 Å². The Labute approximate surface area is 114 Å². The molecule has 5 heteroatoms. The highest BCUT2D eigenvalue weighted by Gasteiger charge is 2.17. The molecule has 19 heavy (non-hydrogen) atoms. The van der Waals surface area contributed by atoms with E-state index in [1.165, 1.54) is 12.1 Å². The third kappa shape index (κ3) is 3.22. The molecule has 0 aromatic heterocycles. The second kappa shape index (κ2) is 5.99. The van der Waals surface area contributed by atoms with Gasteiger partial charge in [-0.3, -0.25) is 0 Å². The zero-order valence-corrected chi connectivity index (χ0v) is 10.7. The van der Waals surface area contributed by atoms with Crippen molar-refractivity contribution >= 4 is 17.3 Å². The predicted octanol–water partition coefficient (Wildman–Crippen LogP) is 3.76. The maximum absolute atomic E-state index is 13.7. The van der Waals surface area contributed by atoms with E-state index in [2.05, 4.69) is 5.32 Å². The van der Waals surface area contributed by atoms with Crippen LogP contribution >= 0.6 is 11.6 Å². The molecule has 100 valence electrons. The van der Waals surface area contributed by atoms with Gasteiger partial charge < -0.3 is 10.4 Å². The molecular formula is C14H12ClF2NO. The van der Waals surface area contributed by atoms with E-state index in [-0.39, 0.29) is 12.2 Å². The molecule has 0 radical (unpaired) electrons. The number of hydrogen-bond donors (Lipinski definition) is 2. The zero-order valence-electron chi connectivity index (χ0n) is 9.91. The highest BCUT2D eigenvalue weighted by molar-refractivity contribution is 6.30. The third-order valence-corrected chi connectivity index (χ3v) is 2.98. The fraction of sp³-hybridized carbons (Fsp3) is 0.143. The van der Waals surface area contributed by atoms with Crippen LogP contribution in [0.4, 0.5) is 14.5 Å². The number of anilines is 1. The molecule has 2 aromatic carbocycles. The second-order valence-electron chi connectivity index (χ2n) is 4.03. The summed E-state index contributed by atoms with van der Waals surface area (Å²) in [5.41, 5.74) is 0.740. The van der Waals surface area contributed by atoms with Crippen molar-refractivity contribution in [2.45, 2.75) is 6.04 Å². The zero-order chi connectivity index (χ0) is 13.8. The molecule has 0 saturated carbocycles. The van der Waals surface area contributed by atoms with Crippen molar-refractivity contribution in [1.29, 1.82) is 0 Å². The molecule has 0 heterocycles. The summed E-state index contributed by atoms with van der Waals surface area (Å²) >= 11 is 5.76. The average molecular weight is 284 g/mol. The summed E-state index contributed by atoms with van der Waals surface area (Å²) in [6, 6.07) is 9.87. The predicted molar refractivity (Wildman–Crippen MR) is 71.3 cm³/mol. The summed E-state index contributed by atoms with van der Waals surface area (Å²) in [5, 5.41) is 12.8. The van der Waals surface area contributed by atoms with Gasteiger partial charge in [-0.15, -0.1) is 0 Å². The molecule has 0 aliphatic heterocycles. The molecule has 2 N–H and O–H groups in total. The number of hydrogen-bond acceptors (Lipinski definition) is 2. The second-order valence-corrected chi connectivity index (χ2v) is 4.47. The largest absolute Gasteiger partial charge is 0.394 e. The number of halogens is 3. The van der Waals surface area contributed by atoms with Crippen LogP contribution in [0.5, 0.6) is 0 Å². The van der Waals surface area contributed by atoms with Crippen LogP contribution in [0.15, 0.2) is 42.5 Å². The Morgan fingerprint density at radius 2 is 1.79 bits per heavy atom. The van der Waals surface area contributed by atoms with Crippen LogP contribution in [0.3, 0.4) is 0 Å². The van der Waals surface area contributed by atoms with E-state index in [1.807, 2.05) is 0 Å². The van der Waals surface area contributed by atoms with E-state index in [1.54, 1.807) is 24.3 Å². The molecule has 1 unspecified atom stereocenters. The molecule has 0 bridgehead atoms. The Kier molecular flexibility index (Phi) is 4.35. The Bertz CT molecular complexity index is 560. The Hall–Kier alpha value is -1.65. The molecule has 0 aliphatic rings. The molecule has 0 spiro atoms. The van der Waals surface area contributed by atoms with Crippen LogP contribution in [-0.2, 0) is 0 Å². The number of aliphatic hydroxyl groups is 1. The fourth-order valence-electron chi connectivity index (χ4n) is 1.76. The Morgan fingerprint density at radius 1 is 1.11 bits per heavy atom. The maximum atomic E-state index is 13.7. The summed E-state index contributed by atoms with van der Waals surface area (Å²) in [4.78, 5) is 0. The monoisotopic (exact) mass is 283 g/mol. The highest BCUT2D eigenvalue weighted by atomic mass is 35.5. The molecule has 2 rings (SSSR count). The molecule has 0 fully saturated rings. The SMILES string of the molecule is OCC(Nc1ccc(Cl)cc1)c1cccc(F)c1F. The van der Waals surface area contributed by atoms with Gasteiger partial charge >= 0.3 is 0 Å². The van der Waals surface area contributed by atoms with Crippen LogP contribution in [0.25, 0.3) is 0 Å². The van der Waals surface area contributed by atoms with Crippen molar-refractivity contribution < 1.29 is 13.9 Å². The van der Waals surface area contributed by atoms with Crippen LogP contribution in [-0.4, -0.2) is 11.7 Å². The Balaban J connectivity index is 2.25. The van der Waals surface area contributed by atoms with Gasteiger partial charge in [-0.1, -0.05) is 23.7 Å². The van der Waals surface area contributed by atoms with Gasteiger partial charge in [0.15, 0.2) is 11.6 Å². The van der Waals surface area contributed by atoms with E-state index in [0.717, 1.165) is 6.07 Å². The number of nitrogens with one attached hydrogen (secondary N) is 1. The van der Waals surface area contributed by atoms with Crippen molar-refractivity contribution in [2.75, 3.05) is 11.9 Å². The molecule has 2 aromatic rings. The van der Waals surface area contributed by atoms with E-state index in [0.29, 0.717) is 10.7 Å². The minimum absolute atomic E-state index is 0.0810. The molecule has 1 atom stereocenters. The topological polar surface area (TPSA) is 32.3 Å². The lowest BCUT2D eigenvalue weighted by Crippen LogP contribution is -2.16. The normalized spacial score (nSPS) is 12.2. The summed E-state index contributed by atoms with van der Waals surface area (Å²) in [7, 11) is 0. The quantitative estimate of drug-likeness (QED) is 0.895. The highest BCUT2D eigenvalue weighted by Crippen LogP contribution is 2.24. The first-order valence-electron chi connectivity index (χ1n) is 5.68. The van der Waals surface area contributed by atoms with Crippen molar-refractivity contribution in [3.8, 4) is 0 Å². The summed E-state index contributed by atoms with van der Waals surface area (Å²) in [6.07, 6.45) is 0. The molecule has 0 amide bonds. The Morgan fingerprint density at radius 3 is 2.42 bits per heavy atom. The van der Waals surface area contributed by atoms with E-state index >= 15 is 0 Å². The van der Waals surface area contributed by atoms with Crippen molar-refractivity contribution in [1.82, 2.24) is 0 Å². The first kappa shape index (κ1) is 13.8. The van der Waals surface area contributed by atoms with Gasteiger partial charge in [0, 0.05) is 16.3 Å². The van der Waals surface area contributed by atoms with Gasteiger partial charge in [-0.05, 0) is 30.3 Å². The lowest BCUT2D eigenvalue weighted by Gasteiger charge is -2.18. The lowest BCUT2D eigenvalue weighted by atomic mass is 10.1. The van der Waals surface area contributed by atoms with Crippen LogP contribution in [0.1, 0.15) is 11.6 Å². The van der Waals surface area contributed by atoms with Crippen molar-refractivity contribution in [3.05, 3.63) is 64.7 Å². The van der Waals surface area contributed by atoms with Crippen molar-refractivity contribution in [2.24, 2.45) is 0 Å². The molecule has 2 nitrogen and oxygen atoms in total. The maximum Gasteiger partial charge on any atom is 0.164 e. The number of benzene rings is 2. The van der Waals surface area contributed by atoms with E-state index < -0.39 is 17.7 Å². The minimum atomic E-state index is -0.956.